The summed E-state index contributed by atoms with van der Waals surface area (Å²) in [5.41, 5.74) is 2.76. The van der Waals surface area contributed by atoms with Gasteiger partial charge in [-0.15, -0.1) is 0 Å². The van der Waals surface area contributed by atoms with Crippen LogP contribution in [-0.4, -0.2) is 40.8 Å². The van der Waals surface area contributed by atoms with Gasteiger partial charge in [-0.3, -0.25) is 9.89 Å². The largest absolute Gasteiger partial charge is 0.377 e. The van der Waals surface area contributed by atoms with E-state index in [4.69, 9.17) is 4.74 Å². The fourth-order valence-electron chi connectivity index (χ4n) is 2.42. The van der Waals surface area contributed by atoms with E-state index < -0.39 is 0 Å². The van der Waals surface area contributed by atoms with Crippen LogP contribution in [0, 0.1) is 6.92 Å². The Bertz CT molecular complexity index is 578. The predicted octanol–water partition coefficient (Wildman–Crippen LogP) is 1.93. The predicted molar refractivity (Wildman–Crippen MR) is 74.4 cm³/mol. The molecule has 2 aromatic rings. The lowest BCUT2D eigenvalue weighted by Gasteiger charge is -2.35. The van der Waals surface area contributed by atoms with Crippen molar-refractivity contribution in [3.8, 4) is 0 Å². The average Bonchev–Trinajstić information content (AvgIpc) is 3.01. The molecule has 1 saturated heterocycles. The number of aromatic amines is 1. The first-order chi connectivity index (χ1) is 9.75. The number of H-pyrrole nitrogens is 1. The smallest absolute Gasteiger partial charge is 0.254 e. The standard InChI is InChI=1S/C15H17N3O2/c1-11-2-4-12(5-3-11)15(19)18-8-9-20-10-14(18)13-6-7-16-17-13/h2-7,14H,8-10H2,1H3,(H,16,17). The second-order valence-corrected chi connectivity index (χ2v) is 4.97. The Morgan fingerprint density at radius 3 is 2.85 bits per heavy atom. The number of benzene rings is 1. The van der Waals surface area contributed by atoms with E-state index in [1.807, 2.05) is 42.2 Å². The van der Waals surface area contributed by atoms with Crippen LogP contribution in [-0.2, 0) is 4.74 Å². The molecule has 0 spiro atoms. The number of carbonyl (C=O) groups is 1. The van der Waals surface area contributed by atoms with Crippen molar-refractivity contribution in [1.82, 2.24) is 15.1 Å². The minimum Gasteiger partial charge on any atom is -0.377 e. The van der Waals surface area contributed by atoms with Crippen molar-refractivity contribution in [1.29, 1.82) is 0 Å². The third-order valence-electron chi connectivity index (χ3n) is 3.57. The van der Waals surface area contributed by atoms with E-state index in [1.165, 1.54) is 0 Å². The van der Waals surface area contributed by atoms with E-state index in [1.54, 1.807) is 6.20 Å². The Labute approximate surface area is 117 Å². The van der Waals surface area contributed by atoms with Crippen LogP contribution in [0.3, 0.4) is 0 Å². The van der Waals surface area contributed by atoms with E-state index >= 15 is 0 Å². The molecule has 0 aliphatic carbocycles. The summed E-state index contributed by atoms with van der Waals surface area (Å²) in [5.74, 6) is 0.0351. The quantitative estimate of drug-likeness (QED) is 0.908. The van der Waals surface area contributed by atoms with Crippen LogP contribution < -0.4 is 0 Å². The molecule has 1 unspecified atom stereocenters. The van der Waals surface area contributed by atoms with Crippen LogP contribution in [0.15, 0.2) is 36.5 Å². The number of nitrogens with one attached hydrogen (secondary N) is 1. The fraction of sp³-hybridized carbons (Fsp3) is 0.333. The van der Waals surface area contributed by atoms with Gasteiger partial charge in [-0.05, 0) is 25.1 Å². The highest BCUT2D eigenvalue weighted by molar-refractivity contribution is 5.94. The summed E-state index contributed by atoms with van der Waals surface area (Å²) in [6.07, 6.45) is 1.69. The van der Waals surface area contributed by atoms with Crippen molar-refractivity contribution in [2.45, 2.75) is 13.0 Å². The first-order valence-electron chi connectivity index (χ1n) is 6.70. The number of aromatic nitrogens is 2. The zero-order chi connectivity index (χ0) is 13.9. The van der Waals surface area contributed by atoms with Crippen molar-refractivity contribution in [2.24, 2.45) is 0 Å². The van der Waals surface area contributed by atoms with Gasteiger partial charge in [-0.25, -0.2) is 0 Å². The molecule has 1 aliphatic heterocycles. The lowest BCUT2D eigenvalue weighted by atomic mass is 10.1. The molecule has 3 rings (SSSR count). The van der Waals surface area contributed by atoms with Gasteiger partial charge in [0.1, 0.15) is 0 Å². The number of carbonyl (C=O) groups excluding carboxylic acids is 1. The monoisotopic (exact) mass is 271 g/mol. The highest BCUT2D eigenvalue weighted by atomic mass is 16.5. The van der Waals surface area contributed by atoms with Gasteiger partial charge < -0.3 is 9.64 Å². The molecule has 20 heavy (non-hydrogen) atoms. The van der Waals surface area contributed by atoms with Gasteiger partial charge >= 0.3 is 0 Å². The number of aryl methyl sites for hydroxylation is 1. The van der Waals surface area contributed by atoms with Crippen LogP contribution in [0.4, 0.5) is 0 Å². The highest BCUT2D eigenvalue weighted by Gasteiger charge is 2.30. The summed E-state index contributed by atoms with van der Waals surface area (Å²) < 4.78 is 5.50. The second kappa shape index (κ2) is 5.46. The fourth-order valence-corrected chi connectivity index (χ4v) is 2.42. The number of ether oxygens (including phenoxy) is 1. The van der Waals surface area contributed by atoms with E-state index in [0.717, 1.165) is 11.3 Å². The van der Waals surface area contributed by atoms with E-state index in [9.17, 15) is 4.79 Å². The van der Waals surface area contributed by atoms with Gasteiger partial charge in [0, 0.05) is 18.3 Å². The molecule has 2 heterocycles. The Hall–Kier alpha value is -2.14. The number of hydrogen-bond acceptors (Lipinski definition) is 3. The summed E-state index contributed by atoms with van der Waals surface area (Å²) in [6.45, 7) is 3.68. The van der Waals surface area contributed by atoms with Gasteiger partial charge in [-0.1, -0.05) is 17.7 Å². The van der Waals surface area contributed by atoms with E-state index in [2.05, 4.69) is 10.2 Å². The summed E-state index contributed by atoms with van der Waals surface area (Å²) in [4.78, 5) is 14.5. The molecular formula is C15H17N3O2. The molecule has 1 amide bonds. The molecule has 1 N–H and O–H groups in total. The highest BCUT2D eigenvalue weighted by Crippen LogP contribution is 2.24. The number of morpholine rings is 1. The Morgan fingerprint density at radius 1 is 1.35 bits per heavy atom. The summed E-state index contributed by atoms with van der Waals surface area (Å²) in [5, 5.41) is 6.89. The number of hydrogen-bond donors (Lipinski definition) is 1. The Balaban J connectivity index is 1.86. The molecule has 1 fully saturated rings. The lowest BCUT2D eigenvalue weighted by Crippen LogP contribution is -2.43. The number of rotatable bonds is 2. The van der Waals surface area contributed by atoms with Crippen LogP contribution in [0.2, 0.25) is 0 Å². The SMILES string of the molecule is Cc1ccc(C(=O)N2CCOCC2c2ccn[nH]2)cc1. The molecule has 1 aromatic carbocycles. The van der Waals surface area contributed by atoms with Crippen LogP contribution in [0.5, 0.6) is 0 Å². The van der Waals surface area contributed by atoms with Crippen LogP contribution >= 0.6 is 0 Å². The van der Waals surface area contributed by atoms with Crippen molar-refractivity contribution in [3.63, 3.8) is 0 Å². The summed E-state index contributed by atoms with van der Waals surface area (Å²) >= 11 is 0. The summed E-state index contributed by atoms with van der Waals surface area (Å²) in [6, 6.07) is 9.45. The van der Waals surface area contributed by atoms with Crippen molar-refractivity contribution >= 4 is 5.91 Å². The molecule has 0 radical (unpaired) electrons. The minimum absolute atomic E-state index is 0.0351. The maximum Gasteiger partial charge on any atom is 0.254 e. The normalized spacial score (nSPS) is 19.1. The molecule has 0 saturated carbocycles. The van der Waals surface area contributed by atoms with Crippen molar-refractivity contribution in [2.75, 3.05) is 19.8 Å². The molecule has 0 bridgehead atoms. The van der Waals surface area contributed by atoms with Gasteiger partial charge in [0.25, 0.3) is 5.91 Å². The van der Waals surface area contributed by atoms with Gasteiger partial charge in [0.05, 0.1) is 24.9 Å². The van der Waals surface area contributed by atoms with Gasteiger partial charge in [-0.2, -0.15) is 5.10 Å². The number of nitrogens with zero attached hydrogens (tertiary/aromatic N) is 2. The molecular weight excluding hydrogens is 254 g/mol. The third-order valence-corrected chi connectivity index (χ3v) is 3.57. The number of amides is 1. The van der Waals surface area contributed by atoms with Gasteiger partial charge in [0.15, 0.2) is 0 Å². The third kappa shape index (κ3) is 2.44. The molecule has 5 heteroatoms. The Morgan fingerprint density at radius 2 is 2.15 bits per heavy atom. The average molecular weight is 271 g/mol. The minimum atomic E-state index is -0.0972. The molecule has 1 aliphatic rings. The summed E-state index contributed by atoms with van der Waals surface area (Å²) in [7, 11) is 0. The van der Waals surface area contributed by atoms with E-state index in [-0.39, 0.29) is 11.9 Å². The second-order valence-electron chi connectivity index (χ2n) is 4.97. The topological polar surface area (TPSA) is 58.2 Å². The zero-order valence-corrected chi connectivity index (χ0v) is 11.4. The van der Waals surface area contributed by atoms with Gasteiger partial charge in [0.2, 0.25) is 0 Å². The van der Waals surface area contributed by atoms with Crippen molar-refractivity contribution in [3.05, 3.63) is 53.3 Å². The van der Waals surface area contributed by atoms with Crippen LogP contribution in [0.25, 0.3) is 0 Å². The lowest BCUT2D eigenvalue weighted by molar-refractivity contribution is -0.00391. The Kier molecular flexibility index (Phi) is 3.52. The molecule has 1 atom stereocenters. The van der Waals surface area contributed by atoms with Crippen molar-refractivity contribution < 1.29 is 9.53 Å². The van der Waals surface area contributed by atoms with E-state index in [0.29, 0.717) is 25.3 Å². The molecule has 5 nitrogen and oxygen atoms in total. The first kappa shape index (κ1) is 12.9. The molecule has 1 aromatic heterocycles. The maximum absolute atomic E-state index is 12.7. The first-order valence-corrected chi connectivity index (χ1v) is 6.70. The maximum atomic E-state index is 12.7. The zero-order valence-electron chi connectivity index (χ0n) is 11.4. The van der Waals surface area contributed by atoms with Crippen LogP contribution in [0.1, 0.15) is 27.7 Å². The molecule has 104 valence electrons.